The third-order valence-corrected chi connectivity index (χ3v) is 4.34. The summed E-state index contributed by atoms with van der Waals surface area (Å²) in [5.41, 5.74) is 1.04. The van der Waals surface area contributed by atoms with E-state index in [9.17, 15) is 4.79 Å². The normalized spacial score (nSPS) is 14.2. The lowest BCUT2D eigenvalue weighted by molar-refractivity contribution is 0.0714. The van der Waals surface area contributed by atoms with Gasteiger partial charge >= 0.3 is 0 Å². The Hall–Kier alpha value is -3.49. The van der Waals surface area contributed by atoms with Crippen LogP contribution in [0.3, 0.4) is 0 Å². The maximum Gasteiger partial charge on any atom is 0.289 e. The number of pyridine rings is 1. The second-order valence-electron chi connectivity index (χ2n) is 6.11. The minimum absolute atomic E-state index is 0.0840. The zero-order valence-corrected chi connectivity index (χ0v) is 14.7. The van der Waals surface area contributed by atoms with E-state index < -0.39 is 0 Å². The molecular formula is C18H19N7O2. The monoisotopic (exact) mass is 365 g/mol. The van der Waals surface area contributed by atoms with Gasteiger partial charge in [-0.05, 0) is 23.8 Å². The predicted octanol–water partition coefficient (Wildman–Crippen LogP) is 1.43. The Morgan fingerprint density at radius 1 is 1.15 bits per heavy atom. The van der Waals surface area contributed by atoms with Crippen LogP contribution in [-0.4, -0.2) is 57.2 Å². The van der Waals surface area contributed by atoms with Gasteiger partial charge in [-0.3, -0.25) is 9.78 Å². The maximum atomic E-state index is 12.3. The van der Waals surface area contributed by atoms with Gasteiger partial charge in [-0.15, -0.1) is 5.10 Å². The van der Waals surface area contributed by atoms with Crippen LogP contribution < -0.4 is 10.2 Å². The molecule has 0 saturated carbocycles. The second-order valence-corrected chi connectivity index (χ2v) is 6.11. The number of carbonyl (C=O) groups is 1. The van der Waals surface area contributed by atoms with Crippen LogP contribution in [0.2, 0.25) is 0 Å². The van der Waals surface area contributed by atoms with E-state index in [2.05, 4.69) is 30.4 Å². The van der Waals surface area contributed by atoms with E-state index in [1.165, 1.54) is 6.26 Å². The third kappa shape index (κ3) is 4.02. The van der Waals surface area contributed by atoms with Crippen LogP contribution in [0, 0.1) is 0 Å². The summed E-state index contributed by atoms with van der Waals surface area (Å²) < 4.78 is 5.19. The molecule has 1 aliphatic heterocycles. The molecule has 0 aromatic carbocycles. The van der Waals surface area contributed by atoms with Crippen molar-refractivity contribution in [1.29, 1.82) is 0 Å². The van der Waals surface area contributed by atoms with E-state index in [0.717, 1.165) is 11.4 Å². The Morgan fingerprint density at radius 2 is 2.04 bits per heavy atom. The van der Waals surface area contributed by atoms with E-state index in [1.54, 1.807) is 35.6 Å². The summed E-state index contributed by atoms with van der Waals surface area (Å²) in [5.74, 6) is 1.49. The van der Waals surface area contributed by atoms with E-state index in [0.29, 0.717) is 44.4 Å². The van der Waals surface area contributed by atoms with Crippen molar-refractivity contribution in [3.05, 3.63) is 60.4 Å². The first kappa shape index (κ1) is 17.0. The fourth-order valence-electron chi connectivity index (χ4n) is 2.90. The molecule has 1 amide bonds. The Labute approximate surface area is 156 Å². The number of nitrogens with one attached hydrogen (secondary N) is 1. The van der Waals surface area contributed by atoms with Gasteiger partial charge in [0.05, 0.1) is 12.5 Å². The summed E-state index contributed by atoms with van der Waals surface area (Å²) in [5, 5.41) is 11.2. The highest BCUT2D eigenvalue weighted by Gasteiger charge is 2.24. The van der Waals surface area contributed by atoms with Crippen molar-refractivity contribution in [3.63, 3.8) is 0 Å². The number of hydrogen-bond donors (Lipinski definition) is 1. The smallest absolute Gasteiger partial charge is 0.289 e. The number of aromatic nitrogens is 4. The molecule has 0 atom stereocenters. The van der Waals surface area contributed by atoms with Gasteiger partial charge in [-0.25, -0.2) is 0 Å². The fourth-order valence-corrected chi connectivity index (χ4v) is 2.90. The highest BCUT2D eigenvalue weighted by molar-refractivity contribution is 5.91. The van der Waals surface area contributed by atoms with Crippen LogP contribution in [0.1, 0.15) is 16.1 Å². The first-order valence-corrected chi connectivity index (χ1v) is 8.70. The lowest BCUT2D eigenvalue weighted by Crippen LogP contribution is -2.49. The van der Waals surface area contributed by atoms with Crippen molar-refractivity contribution in [2.45, 2.75) is 6.54 Å². The minimum Gasteiger partial charge on any atom is -0.459 e. The third-order valence-electron chi connectivity index (χ3n) is 4.34. The number of hydrogen-bond acceptors (Lipinski definition) is 8. The lowest BCUT2D eigenvalue weighted by Gasteiger charge is -2.34. The van der Waals surface area contributed by atoms with Gasteiger partial charge in [0.2, 0.25) is 5.95 Å². The highest BCUT2D eigenvalue weighted by Crippen LogP contribution is 2.15. The molecule has 9 nitrogen and oxygen atoms in total. The first-order valence-electron chi connectivity index (χ1n) is 8.70. The molecule has 1 N–H and O–H groups in total. The zero-order chi connectivity index (χ0) is 18.5. The Balaban J connectivity index is 1.35. The fraction of sp³-hybridized carbons (Fsp3) is 0.278. The quantitative estimate of drug-likeness (QED) is 0.725. The highest BCUT2D eigenvalue weighted by atomic mass is 16.3. The van der Waals surface area contributed by atoms with Gasteiger partial charge < -0.3 is 19.5 Å². The van der Waals surface area contributed by atoms with Gasteiger partial charge in [-0.2, -0.15) is 10.1 Å². The van der Waals surface area contributed by atoms with Crippen LogP contribution in [0.5, 0.6) is 0 Å². The number of rotatable bonds is 5. The number of nitrogens with zero attached hydrogens (tertiary/aromatic N) is 6. The minimum atomic E-state index is -0.0840. The summed E-state index contributed by atoms with van der Waals surface area (Å²) in [6.45, 7) is 3.12. The molecule has 4 rings (SSSR count). The number of amides is 1. The molecule has 0 aliphatic carbocycles. The molecule has 0 radical (unpaired) electrons. The van der Waals surface area contributed by atoms with Crippen LogP contribution in [0.4, 0.5) is 11.8 Å². The molecule has 1 aliphatic rings. The van der Waals surface area contributed by atoms with E-state index >= 15 is 0 Å². The molecule has 3 aromatic heterocycles. The van der Waals surface area contributed by atoms with Crippen molar-refractivity contribution < 1.29 is 9.21 Å². The van der Waals surface area contributed by atoms with Gasteiger partial charge in [0, 0.05) is 45.1 Å². The topological polar surface area (TPSA) is 100 Å². The SMILES string of the molecule is O=C(c1ccco1)N1CCN(c2cnnc(NCc3cccnc3)n2)CC1. The van der Waals surface area contributed by atoms with Crippen LogP contribution in [-0.2, 0) is 6.54 Å². The standard InChI is InChI=1S/C18H19N7O2/c26-17(15-4-2-10-27-15)25-8-6-24(7-9-25)16-13-21-23-18(22-16)20-12-14-3-1-5-19-11-14/h1-5,10-11,13H,6-9,12H2,(H,20,22,23). The van der Waals surface area contributed by atoms with Crippen molar-refractivity contribution in [2.75, 3.05) is 36.4 Å². The summed E-state index contributed by atoms with van der Waals surface area (Å²) in [4.78, 5) is 24.8. The molecule has 3 aromatic rings. The summed E-state index contributed by atoms with van der Waals surface area (Å²) in [6.07, 6.45) is 6.67. The van der Waals surface area contributed by atoms with Crippen LogP contribution in [0.25, 0.3) is 0 Å². The molecule has 0 bridgehead atoms. The van der Waals surface area contributed by atoms with Gasteiger partial charge in [-0.1, -0.05) is 6.07 Å². The molecule has 1 fully saturated rings. The molecule has 4 heterocycles. The van der Waals surface area contributed by atoms with Gasteiger partial charge in [0.15, 0.2) is 11.6 Å². The van der Waals surface area contributed by atoms with Crippen LogP contribution >= 0.6 is 0 Å². The van der Waals surface area contributed by atoms with Gasteiger partial charge in [0.1, 0.15) is 0 Å². The molecular weight excluding hydrogens is 346 g/mol. The molecule has 9 heteroatoms. The van der Waals surface area contributed by atoms with Crippen molar-refractivity contribution in [2.24, 2.45) is 0 Å². The molecule has 138 valence electrons. The predicted molar refractivity (Wildman–Crippen MR) is 98.2 cm³/mol. The van der Waals surface area contributed by atoms with Crippen molar-refractivity contribution in [3.8, 4) is 0 Å². The number of piperazine rings is 1. The van der Waals surface area contributed by atoms with Crippen molar-refractivity contribution in [1.82, 2.24) is 25.1 Å². The Bertz CT molecular complexity index is 878. The number of furan rings is 1. The zero-order valence-electron chi connectivity index (χ0n) is 14.7. The van der Waals surface area contributed by atoms with Crippen molar-refractivity contribution >= 4 is 17.7 Å². The Kier molecular flexibility index (Phi) is 4.91. The first-order chi connectivity index (χ1) is 13.3. The molecule has 27 heavy (non-hydrogen) atoms. The molecule has 1 saturated heterocycles. The number of anilines is 2. The lowest BCUT2D eigenvalue weighted by atomic mass is 10.3. The van der Waals surface area contributed by atoms with Crippen LogP contribution in [0.15, 0.2) is 53.5 Å². The summed E-state index contributed by atoms with van der Waals surface area (Å²) >= 11 is 0. The Morgan fingerprint density at radius 3 is 2.78 bits per heavy atom. The summed E-state index contributed by atoms with van der Waals surface area (Å²) in [6, 6.07) is 7.27. The summed E-state index contributed by atoms with van der Waals surface area (Å²) in [7, 11) is 0. The van der Waals surface area contributed by atoms with E-state index in [1.807, 2.05) is 12.1 Å². The van der Waals surface area contributed by atoms with Gasteiger partial charge in [0.25, 0.3) is 5.91 Å². The maximum absolute atomic E-state index is 12.3. The second kappa shape index (κ2) is 7.81. The average molecular weight is 365 g/mol. The largest absolute Gasteiger partial charge is 0.459 e. The molecule has 0 unspecified atom stereocenters. The average Bonchev–Trinajstić information content (AvgIpc) is 3.28. The van der Waals surface area contributed by atoms with E-state index in [-0.39, 0.29) is 5.91 Å². The van der Waals surface area contributed by atoms with E-state index in [4.69, 9.17) is 4.42 Å². The number of carbonyl (C=O) groups excluding carboxylic acids is 1. The molecule has 0 spiro atoms.